The lowest BCUT2D eigenvalue weighted by Gasteiger charge is -2.29. The van der Waals surface area contributed by atoms with Crippen molar-refractivity contribution >= 4 is 0 Å². The molecule has 0 spiro atoms. The van der Waals surface area contributed by atoms with Gasteiger partial charge in [-0.05, 0) is 0 Å². The molecule has 0 saturated carbocycles. The summed E-state index contributed by atoms with van der Waals surface area (Å²) in [6, 6.07) is 0. The van der Waals surface area contributed by atoms with Crippen molar-refractivity contribution < 1.29 is 25.2 Å². The van der Waals surface area contributed by atoms with E-state index in [1.165, 1.54) is 0 Å². The number of ether oxygens (including phenoxy) is 1. The summed E-state index contributed by atoms with van der Waals surface area (Å²) >= 11 is 0. The molecule has 1 saturated heterocycles. The van der Waals surface area contributed by atoms with Crippen molar-refractivity contribution in [3.8, 4) is 0 Å². The number of rotatable bonds is 2. The van der Waals surface area contributed by atoms with Gasteiger partial charge in [0.05, 0.1) is 6.61 Å². The lowest BCUT2D eigenvalue weighted by atomic mass is 9.95. The van der Waals surface area contributed by atoms with Gasteiger partial charge in [0.15, 0.2) is 5.79 Å². The van der Waals surface area contributed by atoms with Crippen molar-refractivity contribution in [1.82, 2.24) is 0 Å². The highest BCUT2D eigenvalue weighted by Crippen LogP contribution is 2.34. The summed E-state index contributed by atoms with van der Waals surface area (Å²) in [5.41, 5.74) is 0. The molecule has 1 aliphatic heterocycles. The molecule has 0 bridgehead atoms. The Morgan fingerprint density at radius 3 is 2.15 bits per heavy atom. The molecule has 0 aliphatic carbocycles. The van der Waals surface area contributed by atoms with Crippen LogP contribution in [0.3, 0.4) is 0 Å². The van der Waals surface area contributed by atoms with Crippen LogP contribution in [0.2, 0.25) is 0 Å². The van der Waals surface area contributed by atoms with Crippen LogP contribution in [0.4, 0.5) is 0 Å². The van der Waals surface area contributed by atoms with Gasteiger partial charge in [-0.3, -0.25) is 0 Å². The van der Waals surface area contributed by atoms with E-state index >= 15 is 0 Å². The van der Waals surface area contributed by atoms with E-state index in [0.717, 1.165) is 0 Å². The summed E-state index contributed by atoms with van der Waals surface area (Å²) in [6.45, 7) is 2.90. The van der Waals surface area contributed by atoms with Crippen molar-refractivity contribution in [2.75, 3.05) is 6.61 Å². The van der Waals surface area contributed by atoms with Crippen LogP contribution < -0.4 is 0 Å². The zero-order chi connectivity index (χ0) is 10.2. The maximum Gasteiger partial charge on any atom is 0.197 e. The second-order valence-corrected chi connectivity index (χ2v) is 3.68. The van der Waals surface area contributed by atoms with Crippen molar-refractivity contribution in [2.45, 2.75) is 37.9 Å². The van der Waals surface area contributed by atoms with Crippen molar-refractivity contribution in [3.05, 3.63) is 0 Å². The van der Waals surface area contributed by atoms with E-state index in [-0.39, 0.29) is 5.92 Å². The molecule has 1 fully saturated rings. The molecular weight excluding hydrogens is 176 g/mol. The smallest absolute Gasteiger partial charge is 0.197 e. The summed E-state index contributed by atoms with van der Waals surface area (Å²) in [6.07, 6.45) is -3.52. The summed E-state index contributed by atoms with van der Waals surface area (Å²) < 4.78 is 4.99. The topological polar surface area (TPSA) is 90.2 Å². The van der Waals surface area contributed by atoms with Crippen LogP contribution in [0.25, 0.3) is 0 Å². The van der Waals surface area contributed by atoms with Crippen molar-refractivity contribution in [2.24, 2.45) is 5.92 Å². The minimum Gasteiger partial charge on any atom is -0.394 e. The maximum atomic E-state index is 9.77. The van der Waals surface area contributed by atoms with Gasteiger partial charge in [0, 0.05) is 5.92 Å². The van der Waals surface area contributed by atoms with E-state index in [2.05, 4.69) is 0 Å². The fourth-order valence-electron chi connectivity index (χ4n) is 1.45. The summed E-state index contributed by atoms with van der Waals surface area (Å²) in [5, 5.41) is 37.3. The van der Waals surface area contributed by atoms with E-state index in [0.29, 0.717) is 0 Å². The monoisotopic (exact) mass is 192 g/mol. The lowest BCUT2D eigenvalue weighted by Crippen LogP contribution is -2.47. The molecule has 1 rings (SSSR count). The third-order valence-corrected chi connectivity index (χ3v) is 2.48. The molecule has 0 radical (unpaired) electrons. The Bertz CT molecular complexity index is 183. The molecule has 5 nitrogen and oxygen atoms in total. The van der Waals surface area contributed by atoms with Crippen LogP contribution in [0.1, 0.15) is 13.8 Å². The third-order valence-electron chi connectivity index (χ3n) is 2.48. The first-order valence-electron chi connectivity index (χ1n) is 4.30. The summed E-state index contributed by atoms with van der Waals surface area (Å²) in [5.74, 6) is -2.11. The first-order valence-corrected chi connectivity index (χ1v) is 4.30. The number of hydrogen-bond acceptors (Lipinski definition) is 5. The second kappa shape index (κ2) is 3.51. The van der Waals surface area contributed by atoms with E-state index in [9.17, 15) is 15.3 Å². The molecule has 5 heteroatoms. The molecule has 1 aliphatic rings. The molecule has 2 unspecified atom stereocenters. The maximum absolute atomic E-state index is 9.77. The highest BCUT2D eigenvalue weighted by atomic mass is 16.7. The van der Waals surface area contributed by atoms with Gasteiger partial charge < -0.3 is 25.2 Å². The largest absolute Gasteiger partial charge is 0.394 e. The number of aliphatic hydroxyl groups is 4. The average molecular weight is 192 g/mol. The van der Waals surface area contributed by atoms with E-state index in [4.69, 9.17) is 9.84 Å². The van der Waals surface area contributed by atoms with Gasteiger partial charge in [-0.25, -0.2) is 0 Å². The average Bonchev–Trinajstić information content (AvgIpc) is 2.31. The van der Waals surface area contributed by atoms with Crippen LogP contribution in [0.5, 0.6) is 0 Å². The third kappa shape index (κ3) is 1.58. The van der Waals surface area contributed by atoms with E-state index < -0.39 is 30.7 Å². The zero-order valence-corrected chi connectivity index (χ0v) is 7.71. The SMILES string of the molecule is CC(C)C1(O)O[C@@H](CO)[C@H](O)C1O. The lowest BCUT2D eigenvalue weighted by molar-refractivity contribution is -0.255. The van der Waals surface area contributed by atoms with Gasteiger partial charge >= 0.3 is 0 Å². The molecule has 0 aromatic carbocycles. The van der Waals surface area contributed by atoms with Crippen LogP contribution >= 0.6 is 0 Å². The van der Waals surface area contributed by atoms with E-state index in [1.807, 2.05) is 0 Å². The van der Waals surface area contributed by atoms with Gasteiger partial charge in [-0.1, -0.05) is 13.8 Å². The molecule has 1 heterocycles. The van der Waals surface area contributed by atoms with Gasteiger partial charge in [0.1, 0.15) is 18.3 Å². The highest BCUT2D eigenvalue weighted by molar-refractivity contribution is 4.96. The normalized spacial score (nSPS) is 45.9. The zero-order valence-electron chi connectivity index (χ0n) is 7.71. The Labute approximate surface area is 76.6 Å². The second-order valence-electron chi connectivity index (χ2n) is 3.68. The summed E-state index contributed by atoms with van der Waals surface area (Å²) in [4.78, 5) is 0. The molecule has 13 heavy (non-hydrogen) atoms. The van der Waals surface area contributed by atoms with E-state index in [1.54, 1.807) is 13.8 Å². The predicted octanol–water partition coefficient (Wildman–Crippen LogP) is -1.56. The number of hydrogen-bond donors (Lipinski definition) is 4. The first-order chi connectivity index (χ1) is 5.93. The predicted molar refractivity (Wildman–Crippen MR) is 43.8 cm³/mol. The highest BCUT2D eigenvalue weighted by Gasteiger charge is 2.54. The molecule has 0 aromatic rings. The molecule has 4 N–H and O–H groups in total. The van der Waals surface area contributed by atoms with Crippen LogP contribution in [0.15, 0.2) is 0 Å². The Hall–Kier alpha value is -0.200. The molecule has 4 atom stereocenters. The van der Waals surface area contributed by atoms with Crippen molar-refractivity contribution in [1.29, 1.82) is 0 Å². The molecular formula is C8H16O5. The van der Waals surface area contributed by atoms with Crippen LogP contribution in [0, 0.1) is 5.92 Å². The molecule has 78 valence electrons. The van der Waals surface area contributed by atoms with Gasteiger partial charge in [-0.15, -0.1) is 0 Å². The molecule has 0 aromatic heterocycles. The Morgan fingerprint density at radius 2 is 1.92 bits per heavy atom. The minimum atomic E-state index is -1.76. The fraction of sp³-hybridized carbons (Fsp3) is 1.00. The van der Waals surface area contributed by atoms with Gasteiger partial charge in [0.2, 0.25) is 0 Å². The quantitative estimate of drug-likeness (QED) is 0.425. The Kier molecular flexibility index (Phi) is 2.94. The van der Waals surface area contributed by atoms with Gasteiger partial charge in [0.25, 0.3) is 0 Å². The Morgan fingerprint density at radius 1 is 1.38 bits per heavy atom. The minimum absolute atomic E-state index is 0.353. The number of aliphatic hydroxyl groups excluding tert-OH is 3. The summed E-state index contributed by atoms with van der Waals surface area (Å²) in [7, 11) is 0. The van der Waals surface area contributed by atoms with Crippen LogP contribution in [-0.4, -0.2) is 51.1 Å². The van der Waals surface area contributed by atoms with Crippen molar-refractivity contribution in [3.63, 3.8) is 0 Å². The first kappa shape index (κ1) is 10.9. The van der Waals surface area contributed by atoms with Gasteiger partial charge in [-0.2, -0.15) is 0 Å². The molecule has 0 amide bonds. The standard InChI is InChI=1S/C8H16O5/c1-4(2)8(12)7(11)6(10)5(3-9)13-8/h4-7,9-12H,3H2,1-2H3/t5-,6-,7?,8?/m0/s1. The Balaban J connectivity index is 2.81. The fourth-order valence-corrected chi connectivity index (χ4v) is 1.45. The van der Waals surface area contributed by atoms with Crippen LogP contribution in [-0.2, 0) is 4.74 Å².